The fourth-order valence-electron chi connectivity index (χ4n) is 0.280. The van der Waals surface area contributed by atoms with Gasteiger partial charge in [-0.3, -0.25) is 22.2 Å². The zero-order valence-corrected chi connectivity index (χ0v) is 7.79. The number of nitrogens with zero attached hydrogens (tertiary/aromatic N) is 4. The van der Waals surface area contributed by atoms with E-state index in [0.717, 1.165) is 0 Å². The summed E-state index contributed by atoms with van der Waals surface area (Å²) in [4.78, 5) is 0. The van der Waals surface area contributed by atoms with Gasteiger partial charge in [0.15, 0.2) is 0 Å². The molecule has 0 saturated carbocycles. The van der Waals surface area contributed by atoms with Gasteiger partial charge in [-0.2, -0.15) is 10.5 Å². The van der Waals surface area contributed by atoms with Crippen molar-refractivity contribution in [2.75, 3.05) is 0 Å². The van der Waals surface area contributed by atoms with Gasteiger partial charge in [-0.05, 0) is 0 Å². The Bertz CT molecular complexity index is 374. The van der Waals surface area contributed by atoms with Crippen molar-refractivity contribution < 1.29 is 0 Å². The first kappa shape index (κ1) is 9.95. The smallest absolute Gasteiger partial charge is 0.300 e. The van der Waals surface area contributed by atoms with Gasteiger partial charge in [-0.15, -0.1) is 0 Å². The molecule has 0 amide bonds. The molecule has 0 aromatic carbocycles. The van der Waals surface area contributed by atoms with Gasteiger partial charge < -0.3 is 0 Å². The molecule has 0 fully saturated rings. The monoisotopic (exact) mass is 184 g/mol. The summed E-state index contributed by atoms with van der Waals surface area (Å²) in [6, 6.07) is 0. The molecule has 0 heterocycles. The van der Waals surface area contributed by atoms with Crippen LogP contribution in [0.2, 0.25) is 0 Å². The van der Waals surface area contributed by atoms with E-state index in [4.69, 9.17) is 23.7 Å². The molecule has 0 aliphatic heterocycles. The molecule has 0 bridgehead atoms. The molecular formula is C6N4Si2. The minimum Gasteiger partial charge on any atom is -0.300 e. The van der Waals surface area contributed by atoms with Gasteiger partial charge in [-0.25, -0.2) is 0 Å². The molecule has 52 valence electrons. The van der Waals surface area contributed by atoms with E-state index in [2.05, 4.69) is 19.7 Å². The van der Waals surface area contributed by atoms with Crippen LogP contribution in [-0.2, 0) is 0 Å². The predicted molar refractivity (Wildman–Crippen MR) is 46.0 cm³/mol. The van der Waals surface area contributed by atoms with Crippen molar-refractivity contribution in [3.63, 3.8) is 0 Å². The summed E-state index contributed by atoms with van der Waals surface area (Å²) < 4.78 is 5.94. The van der Waals surface area contributed by atoms with Crippen LogP contribution < -0.4 is 0 Å². The van der Waals surface area contributed by atoms with Crippen LogP contribution in [0.4, 0.5) is 0 Å². The summed E-state index contributed by atoms with van der Waals surface area (Å²) in [5.41, 5.74) is 3.47. The van der Waals surface area contributed by atoms with E-state index >= 15 is 0 Å². The maximum Gasteiger partial charge on any atom is 1.03 e. The second-order valence-corrected chi connectivity index (χ2v) is 4.19. The van der Waals surface area contributed by atoms with E-state index in [1.54, 1.807) is 11.4 Å². The van der Waals surface area contributed by atoms with Crippen LogP contribution >= 0.6 is 0 Å². The lowest BCUT2D eigenvalue weighted by Crippen LogP contribution is -1.95. The van der Waals surface area contributed by atoms with Crippen LogP contribution in [0.25, 0.3) is 9.02 Å². The summed E-state index contributed by atoms with van der Waals surface area (Å²) in [6.45, 7) is 13.0. The molecule has 12 heavy (non-hydrogen) atoms. The predicted octanol–water partition coefficient (Wildman–Crippen LogP) is -0.545. The van der Waals surface area contributed by atoms with Crippen LogP contribution in [0, 0.1) is 35.1 Å². The van der Waals surface area contributed by atoms with Crippen molar-refractivity contribution in [3.05, 3.63) is 22.2 Å². The van der Waals surface area contributed by atoms with Crippen molar-refractivity contribution in [1.82, 2.24) is 0 Å². The summed E-state index contributed by atoms with van der Waals surface area (Å²) in [5.74, 6) is 0. The average Bonchev–Trinajstić information content (AvgIpc) is 2.13. The number of hydrogen-bond acceptors (Lipinski definition) is 2. The van der Waals surface area contributed by atoms with E-state index in [1.165, 1.54) is 0 Å². The van der Waals surface area contributed by atoms with Crippen LogP contribution in [0.3, 0.4) is 0 Å². The minimum atomic E-state index is -1.99. The Morgan fingerprint density at radius 3 is 1.83 bits per heavy atom. The molecule has 0 N–H and O–H groups in total. The second-order valence-electron chi connectivity index (χ2n) is 1.40. The molecule has 0 atom stereocenters. The lowest BCUT2D eigenvalue weighted by molar-refractivity contribution is 1.55. The fourth-order valence-corrected chi connectivity index (χ4v) is 1.55. The van der Waals surface area contributed by atoms with Crippen molar-refractivity contribution in [2.24, 2.45) is 0 Å². The summed E-state index contributed by atoms with van der Waals surface area (Å²) in [5, 5.41) is 21.4. The maximum absolute atomic E-state index is 8.31. The van der Waals surface area contributed by atoms with Crippen molar-refractivity contribution in [3.8, 4) is 11.4 Å². The minimum absolute atomic E-state index is 1.73. The summed E-state index contributed by atoms with van der Waals surface area (Å²) in [6.07, 6.45) is 0. The Labute approximate surface area is 72.5 Å². The van der Waals surface area contributed by atoms with Gasteiger partial charge in [-0.1, -0.05) is 5.33 Å². The summed E-state index contributed by atoms with van der Waals surface area (Å²) in [7, 11) is -3.94. The normalized spacial score (nSPS) is 5.33. The molecule has 4 nitrogen and oxygen atoms in total. The van der Waals surface area contributed by atoms with Crippen LogP contribution in [0.15, 0.2) is 0 Å². The molecule has 0 spiro atoms. The van der Waals surface area contributed by atoms with Crippen molar-refractivity contribution in [1.29, 1.82) is 10.5 Å². The third kappa shape index (κ3) is 3.21. The van der Waals surface area contributed by atoms with Crippen molar-refractivity contribution in [2.45, 2.75) is 0 Å². The third-order valence-corrected chi connectivity index (χ3v) is 2.58. The fraction of sp³-hybridized carbons (Fsp3) is 0. The Kier molecular flexibility index (Phi) is 4.74. The van der Waals surface area contributed by atoms with E-state index in [0.29, 0.717) is 0 Å². The van der Waals surface area contributed by atoms with Gasteiger partial charge in [0.25, 0.3) is 0 Å². The van der Waals surface area contributed by atoms with E-state index in [1.807, 2.05) is 0 Å². The molecule has 0 saturated heterocycles. The quantitative estimate of drug-likeness (QED) is 0.375. The zero-order chi connectivity index (χ0) is 9.40. The highest BCUT2D eigenvalue weighted by Gasteiger charge is 2.17. The molecular weight excluding hydrogens is 184 g/mol. The third-order valence-electron chi connectivity index (χ3n) is 0.735. The number of rotatable bonds is 0. The first-order valence-electron chi connectivity index (χ1n) is 2.59. The Balaban J connectivity index is 5.45. The lowest BCUT2D eigenvalue weighted by atomic mass is 11.3. The van der Waals surface area contributed by atoms with Gasteiger partial charge in [0, 0.05) is 0 Å². The Hall–Kier alpha value is -2.05. The zero-order valence-electron chi connectivity index (χ0n) is 5.79. The van der Waals surface area contributed by atoms with Crippen LogP contribution in [-0.4, -0.2) is 27.8 Å². The first-order chi connectivity index (χ1) is 5.78. The van der Waals surface area contributed by atoms with Gasteiger partial charge in [0.2, 0.25) is 0 Å². The Morgan fingerprint density at radius 2 is 1.50 bits per heavy atom. The van der Waals surface area contributed by atoms with E-state index in [9.17, 15) is 0 Å². The van der Waals surface area contributed by atoms with E-state index in [-0.39, 0.29) is 0 Å². The molecule has 0 radical (unpaired) electrons. The summed E-state index contributed by atoms with van der Waals surface area (Å²) >= 11 is 0. The molecule has 0 aromatic heterocycles. The second kappa shape index (κ2) is 5.72. The Morgan fingerprint density at radius 1 is 1.00 bits per heavy atom. The molecule has 0 unspecified atom stereocenters. The topological polar surface area (TPSA) is 56.3 Å². The molecule has 0 aliphatic rings. The number of hydrogen-bond donors (Lipinski definition) is 0. The SMILES string of the molecule is [C-]#[N+][Si](=C=C=[Si](C#N)C#N)[N+]#[C-]. The highest BCUT2D eigenvalue weighted by atomic mass is 28.3. The highest BCUT2D eigenvalue weighted by molar-refractivity contribution is 6.85. The maximum atomic E-state index is 8.31. The average molecular weight is 184 g/mol. The van der Waals surface area contributed by atoms with Gasteiger partial charge in [0.1, 0.15) is 0 Å². The number of nitriles is 2. The lowest BCUT2D eigenvalue weighted by Gasteiger charge is -1.59. The molecule has 6 heteroatoms. The van der Waals surface area contributed by atoms with Crippen LogP contribution in [0.1, 0.15) is 0 Å². The standard InChI is InChI=1S/C6N4Si2/c1-9-12(10-2)4-3-11(5-7)6-8. The molecule has 0 rings (SSSR count). The molecule has 0 aromatic rings. The largest absolute Gasteiger partial charge is 1.03 e. The van der Waals surface area contributed by atoms with Crippen molar-refractivity contribution >= 4 is 27.8 Å². The van der Waals surface area contributed by atoms with Gasteiger partial charge in [0.05, 0.1) is 16.7 Å². The van der Waals surface area contributed by atoms with Crippen LogP contribution in [0.5, 0.6) is 0 Å². The van der Waals surface area contributed by atoms with Gasteiger partial charge >= 0.3 is 17.1 Å². The van der Waals surface area contributed by atoms with E-state index < -0.39 is 17.1 Å². The highest BCUT2D eigenvalue weighted by Crippen LogP contribution is 1.67. The molecule has 0 aliphatic carbocycles. The first-order valence-corrected chi connectivity index (χ1v) is 5.49.